The highest BCUT2D eigenvalue weighted by molar-refractivity contribution is 5.99. The van der Waals surface area contributed by atoms with E-state index in [0.29, 0.717) is 5.57 Å². The summed E-state index contributed by atoms with van der Waals surface area (Å²) in [6.45, 7) is 2.00. The second-order valence-corrected chi connectivity index (χ2v) is 2.74. The second kappa shape index (κ2) is 4.30. The maximum absolute atomic E-state index is 8.45. The molecule has 0 bridgehead atoms. The fraction of sp³-hybridized carbons (Fsp3) is 0.100. The third-order valence-corrected chi connectivity index (χ3v) is 1.67. The first-order chi connectivity index (χ1) is 6.24. The predicted octanol–water partition coefficient (Wildman–Crippen LogP) is 1.73. The average Bonchev–Trinajstić information content (AvgIpc) is 2.10. The molecule has 0 fully saturated rings. The van der Waals surface area contributed by atoms with E-state index in [0.717, 1.165) is 5.57 Å². The third-order valence-electron chi connectivity index (χ3n) is 1.67. The molecule has 0 atom stereocenters. The first-order valence-electron chi connectivity index (χ1n) is 3.95. The minimum atomic E-state index is 0.119. The summed E-state index contributed by atoms with van der Waals surface area (Å²) in [6.07, 6.45) is 11.2. The summed E-state index contributed by atoms with van der Waals surface area (Å²) >= 11 is 0. The van der Waals surface area contributed by atoms with Crippen LogP contribution in [-0.4, -0.2) is 11.0 Å². The van der Waals surface area contributed by atoms with E-state index < -0.39 is 0 Å². The highest BCUT2D eigenvalue weighted by Crippen LogP contribution is 2.05. The van der Waals surface area contributed by atoms with Crippen LogP contribution in [-0.2, 0) is 0 Å². The molecule has 0 amide bonds. The molecule has 3 heteroatoms. The summed E-state index contributed by atoms with van der Waals surface area (Å²) in [4.78, 5) is 0. The summed E-state index contributed by atoms with van der Waals surface area (Å²) in [5.41, 5.74) is 7.28. The lowest BCUT2D eigenvalue weighted by molar-refractivity contribution is 0.318. The molecule has 0 aromatic carbocycles. The van der Waals surface area contributed by atoms with Crippen molar-refractivity contribution in [1.82, 2.24) is 0 Å². The van der Waals surface area contributed by atoms with Gasteiger partial charge in [-0.3, -0.25) is 0 Å². The Morgan fingerprint density at radius 1 is 1.31 bits per heavy atom. The van der Waals surface area contributed by atoms with Gasteiger partial charge in [0.05, 0.1) is 0 Å². The number of nitrogens with zero attached hydrogens (tertiary/aromatic N) is 1. The molecule has 0 spiro atoms. The van der Waals surface area contributed by atoms with Gasteiger partial charge < -0.3 is 10.9 Å². The van der Waals surface area contributed by atoms with Gasteiger partial charge in [-0.05, 0) is 6.92 Å². The van der Waals surface area contributed by atoms with Gasteiger partial charge in [0.2, 0.25) is 0 Å². The predicted molar refractivity (Wildman–Crippen MR) is 53.5 cm³/mol. The van der Waals surface area contributed by atoms with Crippen molar-refractivity contribution in [1.29, 1.82) is 0 Å². The van der Waals surface area contributed by atoms with Crippen molar-refractivity contribution in [2.24, 2.45) is 10.9 Å². The van der Waals surface area contributed by atoms with E-state index in [1.165, 1.54) is 0 Å². The van der Waals surface area contributed by atoms with Gasteiger partial charge in [0.25, 0.3) is 0 Å². The number of amidine groups is 1. The fourth-order valence-electron chi connectivity index (χ4n) is 0.947. The molecule has 0 unspecified atom stereocenters. The van der Waals surface area contributed by atoms with Crippen LogP contribution in [0.4, 0.5) is 0 Å². The summed E-state index contributed by atoms with van der Waals surface area (Å²) in [5, 5.41) is 11.4. The normalized spacial score (nSPS) is 23.9. The third kappa shape index (κ3) is 2.63. The van der Waals surface area contributed by atoms with Crippen LogP contribution in [0.25, 0.3) is 0 Å². The Morgan fingerprint density at radius 2 is 2.00 bits per heavy atom. The van der Waals surface area contributed by atoms with E-state index in [-0.39, 0.29) is 5.84 Å². The van der Waals surface area contributed by atoms with E-state index >= 15 is 0 Å². The smallest absolute Gasteiger partial charge is 0.170 e. The summed E-state index contributed by atoms with van der Waals surface area (Å²) in [5.74, 6) is 0.119. The monoisotopic (exact) mass is 176 g/mol. The molecule has 3 nitrogen and oxygen atoms in total. The Morgan fingerprint density at radius 3 is 2.69 bits per heavy atom. The number of oxime groups is 1. The Balaban J connectivity index is 2.93. The molecule has 3 N–H and O–H groups in total. The largest absolute Gasteiger partial charge is 0.409 e. The Labute approximate surface area is 77.2 Å². The zero-order chi connectivity index (χ0) is 9.68. The average molecular weight is 176 g/mol. The molecule has 0 saturated carbocycles. The first kappa shape index (κ1) is 9.32. The lowest BCUT2D eigenvalue weighted by Gasteiger charge is -1.99. The van der Waals surface area contributed by atoms with E-state index in [2.05, 4.69) is 5.16 Å². The topological polar surface area (TPSA) is 58.6 Å². The van der Waals surface area contributed by atoms with Gasteiger partial charge in [0, 0.05) is 5.57 Å². The summed E-state index contributed by atoms with van der Waals surface area (Å²) in [6, 6.07) is 0. The second-order valence-electron chi connectivity index (χ2n) is 2.74. The fourth-order valence-corrected chi connectivity index (χ4v) is 0.947. The van der Waals surface area contributed by atoms with E-state index in [9.17, 15) is 0 Å². The SMILES string of the molecule is CC1=C/C=C\C(C(N)=NO)=C/C=C1. The van der Waals surface area contributed by atoms with Gasteiger partial charge in [-0.25, -0.2) is 0 Å². The molecule has 1 rings (SSSR count). The molecular weight excluding hydrogens is 164 g/mol. The molecule has 0 saturated heterocycles. The Kier molecular flexibility index (Phi) is 3.09. The zero-order valence-corrected chi connectivity index (χ0v) is 7.44. The maximum atomic E-state index is 8.45. The van der Waals surface area contributed by atoms with Crippen LogP contribution in [0.1, 0.15) is 6.92 Å². The lowest BCUT2D eigenvalue weighted by Crippen LogP contribution is -2.13. The lowest BCUT2D eigenvalue weighted by atomic mass is 10.1. The van der Waals surface area contributed by atoms with Crippen LogP contribution in [0.3, 0.4) is 0 Å². The van der Waals surface area contributed by atoms with Crippen LogP contribution in [0.5, 0.6) is 0 Å². The number of nitrogens with two attached hydrogens (primary N) is 1. The molecule has 0 radical (unpaired) electrons. The van der Waals surface area contributed by atoms with Crippen LogP contribution in [0.2, 0.25) is 0 Å². The number of hydrogen-bond donors (Lipinski definition) is 2. The quantitative estimate of drug-likeness (QED) is 0.276. The van der Waals surface area contributed by atoms with E-state index in [4.69, 9.17) is 10.9 Å². The minimum absolute atomic E-state index is 0.119. The van der Waals surface area contributed by atoms with Crippen molar-refractivity contribution in [3.8, 4) is 0 Å². The Hall–Kier alpha value is -1.77. The number of allylic oxidation sites excluding steroid dienone is 6. The standard InChI is InChI=1S/C10H12N2O/c1-8-4-2-6-9(7-3-5-8)10(11)12-13/h2-7,13H,1H3,(H2,11,12)/b4-2?,5-3?,6-2-,7-3?,8-4?,8-5?,9-6?,9-7+. The molecular formula is C10H12N2O. The van der Waals surface area contributed by atoms with Crippen LogP contribution >= 0.6 is 0 Å². The molecule has 1 aliphatic carbocycles. The molecule has 68 valence electrons. The molecule has 0 heterocycles. The number of hydrogen-bond acceptors (Lipinski definition) is 2. The van der Waals surface area contributed by atoms with Gasteiger partial charge in [-0.15, -0.1) is 0 Å². The molecule has 0 aromatic heterocycles. The maximum Gasteiger partial charge on any atom is 0.170 e. The number of rotatable bonds is 1. The molecule has 13 heavy (non-hydrogen) atoms. The van der Waals surface area contributed by atoms with Crippen molar-refractivity contribution in [2.75, 3.05) is 0 Å². The van der Waals surface area contributed by atoms with Crippen LogP contribution in [0.15, 0.2) is 52.8 Å². The summed E-state index contributed by atoms with van der Waals surface area (Å²) in [7, 11) is 0. The van der Waals surface area contributed by atoms with Gasteiger partial charge in [-0.2, -0.15) is 0 Å². The molecule has 0 aromatic rings. The van der Waals surface area contributed by atoms with Crippen molar-refractivity contribution >= 4 is 5.84 Å². The summed E-state index contributed by atoms with van der Waals surface area (Å²) < 4.78 is 0. The highest BCUT2D eigenvalue weighted by Gasteiger charge is 1.97. The van der Waals surface area contributed by atoms with Gasteiger partial charge in [0.15, 0.2) is 5.84 Å². The minimum Gasteiger partial charge on any atom is -0.409 e. The van der Waals surface area contributed by atoms with Crippen molar-refractivity contribution in [2.45, 2.75) is 6.92 Å². The zero-order valence-electron chi connectivity index (χ0n) is 7.44. The van der Waals surface area contributed by atoms with Gasteiger partial charge in [0.1, 0.15) is 0 Å². The molecule has 1 aliphatic rings. The molecule has 0 aliphatic heterocycles. The van der Waals surface area contributed by atoms with Crippen molar-refractivity contribution < 1.29 is 5.21 Å². The van der Waals surface area contributed by atoms with E-state index in [1.54, 1.807) is 12.2 Å². The Bertz CT molecular complexity index is 333. The van der Waals surface area contributed by atoms with Gasteiger partial charge >= 0.3 is 0 Å². The van der Waals surface area contributed by atoms with Gasteiger partial charge in [-0.1, -0.05) is 47.2 Å². The first-order valence-corrected chi connectivity index (χ1v) is 3.95. The van der Waals surface area contributed by atoms with Crippen molar-refractivity contribution in [3.05, 3.63) is 47.6 Å². The van der Waals surface area contributed by atoms with E-state index in [1.807, 2.05) is 31.2 Å². The van der Waals surface area contributed by atoms with Crippen LogP contribution in [0, 0.1) is 0 Å². The van der Waals surface area contributed by atoms with Crippen LogP contribution < -0.4 is 5.73 Å². The van der Waals surface area contributed by atoms with Crippen molar-refractivity contribution in [3.63, 3.8) is 0 Å². The highest BCUT2D eigenvalue weighted by atomic mass is 16.4.